The first-order valence-electron chi connectivity index (χ1n) is 7.04. The van der Waals surface area contributed by atoms with Crippen LogP contribution in [0.25, 0.3) is 0 Å². The third-order valence-corrected chi connectivity index (χ3v) is 3.80. The maximum atomic E-state index is 5.62. The first-order chi connectivity index (χ1) is 8.92. The molecule has 1 fully saturated rings. The summed E-state index contributed by atoms with van der Waals surface area (Å²) in [5.41, 5.74) is 1.35. The number of piperidine rings is 1. The molecule has 1 atom stereocenters. The van der Waals surface area contributed by atoms with Crippen LogP contribution in [-0.4, -0.2) is 25.8 Å². The molecule has 3 rings (SSSR count). The molecule has 0 aliphatic carbocycles. The maximum absolute atomic E-state index is 5.62. The van der Waals surface area contributed by atoms with Gasteiger partial charge in [0.05, 0.1) is 0 Å². The molecule has 1 aromatic carbocycles. The molecular weight excluding hydrogens is 226 g/mol. The van der Waals surface area contributed by atoms with E-state index in [1.54, 1.807) is 0 Å². The van der Waals surface area contributed by atoms with E-state index in [4.69, 9.17) is 9.47 Å². The van der Waals surface area contributed by atoms with E-state index in [1.165, 1.54) is 37.8 Å². The van der Waals surface area contributed by atoms with Gasteiger partial charge in [-0.05, 0) is 49.9 Å². The van der Waals surface area contributed by atoms with E-state index in [-0.39, 0.29) is 0 Å². The van der Waals surface area contributed by atoms with Crippen LogP contribution in [0.1, 0.15) is 31.2 Å². The molecule has 1 saturated heterocycles. The molecule has 98 valence electrons. The predicted molar refractivity (Wildman–Crippen MR) is 71.4 cm³/mol. The van der Waals surface area contributed by atoms with Crippen molar-refractivity contribution in [2.45, 2.75) is 38.1 Å². The first-order valence-corrected chi connectivity index (χ1v) is 7.04. The number of ether oxygens (including phenoxy) is 2. The third kappa shape index (κ3) is 2.78. The zero-order valence-electron chi connectivity index (χ0n) is 10.8. The van der Waals surface area contributed by atoms with Crippen molar-refractivity contribution in [2.75, 3.05) is 19.8 Å². The third-order valence-electron chi connectivity index (χ3n) is 3.80. The number of fused-ring (bicyclic) bond motifs is 1. The standard InChI is InChI=1S/C15H21NO2/c1-2-8-16-13(3-1)6-4-12-5-7-14-15(11-12)18-10-9-17-14/h5,7,11,13,16H,1-4,6,8-10H2. The van der Waals surface area contributed by atoms with Gasteiger partial charge in [0.25, 0.3) is 0 Å². The summed E-state index contributed by atoms with van der Waals surface area (Å²) in [6.45, 7) is 2.52. The van der Waals surface area contributed by atoms with Crippen LogP contribution in [0.15, 0.2) is 18.2 Å². The molecule has 3 nitrogen and oxygen atoms in total. The Bertz CT molecular complexity index is 399. The van der Waals surface area contributed by atoms with Gasteiger partial charge in [0.2, 0.25) is 0 Å². The molecular formula is C15H21NO2. The molecule has 1 N–H and O–H groups in total. The second kappa shape index (κ2) is 5.61. The average Bonchev–Trinajstić information content (AvgIpc) is 2.46. The molecule has 1 aromatic rings. The van der Waals surface area contributed by atoms with Crippen LogP contribution in [0.2, 0.25) is 0 Å². The number of hydrogen-bond donors (Lipinski definition) is 1. The Morgan fingerprint density at radius 2 is 2.00 bits per heavy atom. The second-order valence-corrected chi connectivity index (χ2v) is 5.16. The fraction of sp³-hybridized carbons (Fsp3) is 0.600. The highest BCUT2D eigenvalue weighted by atomic mass is 16.6. The normalized spacial score (nSPS) is 22.8. The second-order valence-electron chi connectivity index (χ2n) is 5.16. The molecule has 0 radical (unpaired) electrons. The van der Waals surface area contributed by atoms with Crippen molar-refractivity contribution in [1.82, 2.24) is 5.32 Å². The molecule has 18 heavy (non-hydrogen) atoms. The highest BCUT2D eigenvalue weighted by Crippen LogP contribution is 2.31. The number of rotatable bonds is 3. The summed E-state index contributed by atoms with van der Waals surface area (Å²) in [4.78, 5) is 0. The van der Waals surface area contributed by atoms with Gasteiger partial charge in [-0.3, -0.25) is 0 Å². The van der Waals surface area contributed by atoms with Crippen LogP contribution in [0.3, 0.4) is 0 Å². The summed E-state index contributed by atoms with van der Waals surface area (Å²) < 4.78 is 11.2. The average molecular weight is 247 g/mol. The molecule has 0 aromatic heterocycles. The van der Waals surface area contributed by atoms with Crippen LogP contribution in [0, 0.1) is 0 Å². The van der Waals surface area contributed by atoms with E-state index in [0.717, 1.165) is 17.9 Å². The van der Waals surface area contributed by atoms with E-state index < -0.39 is 0 Å². The van der Waals surface area contributed by atoms with Crippen molar-refractivity contribution in [2.24, 2.45) is 0 Å². The minimum atomic E-state index is 0.665. The highest BCUT2D eigenvalue weighted by molar-refractivity contribution is 5.43. The summed E-state index contributed by atoms with van der Waals surface area (Å²) in [5, 5.41) is 3.60. The number of nitrogens with one attached hydrogen (secondary N) is 1. The topological polar surface area (TPSA) is 30.5 Å². The Balaban J connectivity index is 1.58. The van der Waals surface area contributed by atoms with Crippen LogP contribution < -0.4 is 14.8 Å². The summed E-state index contributed by atoms with van der Waals surface area (Å²) in [6.07, 6.45) is 6.37. The molecule has 3 heteroatoms. The summed E-state index contributed by atoms with van der Waals surface area (Å²) in [7, 11) is 0. The van der Waals surface area contributed by atoms with Gasteiger partial charge < -0.3 is 14.8 Å². The lowest BCUT2D eigenvalue weighted by atomic mass is 9.98. The van der Waals surface area contributed by atoms with E-state index >= 15 is 0 Å². The molecule has 0 bridgehead atoms. The van der Waals surface area contributed by atoms with Crippen LogP contribution >= 0.6 is 0 Å². The van der Waals surface area contributed by atoms with E-state index in [2.05, 4.69) is 17.4 Å². The van der Waals surface area contributed by atoms with Gasteiger partial charge in [-0.25, -0.2) is 0 Å². The van der Waals surface area contributed by atoms with Gasteiger partial charge in [0.1, 0.15) is 13.2 Å². The van der Waals surface area contributed by atoms with Gasteiger partial charge in [-0.2, -0.15) is 0 Å². The Morgan fingerprint density at radius 3 is 2.83 bits per heavy atom. The lowest BCUT2D eigenvalue weighted by Crippen LogP contribution is -2.34. The molecule has 0 saturated carbocycles. The monoisotopic (exact) mass is 247 g/mol. The maximum Gasteiger partial charge on any atom is 0.161 e. The minimum Gasteiger partial charge on any atom is -0.486 e. The van der Waals surface area contributed by atoms with Gasteiger partial charge in [0, 0.05) is 6.04 Å². The van der Waals surface area contributed by atoms with Crippen LogP contribution in [-0.2, 0) is 6.42 Å². The predicted octanol–water partition coefficient (Wildman–Crippen LogP) is 2.53. The fourth-order valence-corrected chi connectivity index (χ4v) is 2.75. The van der Waals surface area contributed by atoms with Gasteiger partial charge >= 0.3 is 0 Å². The van der Waals surface area contributed by atoms with Crippen molar-refractivity contribution >= 4 is 0 Å². The van der Waals surface area contributed by atoms with Crippen molar-refractivity contribution < 1.29 is 9.47 Å². The SMILES string of the molecule is c1cc2c(cc1CCC1CCCCN1)OCCO2. The van der Waals surface area contributed by atoms with Crippen LogP contribution in [0.5, 0.6) is 11.5 Å². The lowest BCUT2D eigenvalue weighted by Gasteiger charge is -2.23. The van der Waals surface area contributed by atoms with Crippen LogP contribution in [0.4, 0.5) is 0 Å². The molecule has 2 heterocycles. The Hall–Kier alpha value is -1.22. The Labute approximate surface area is 108 Å². The first kappa shape index (κ1) is 11.8. The van der Waals surface area contributed by atoms with E-state index in [1.807, 2.05) is 6.07 Å². The fourth-order valence-electron chi connectivity index (χ4n) is 2.75. The summed E-state index contributed by atoms with van der Waals surface area (Å²) in [6, 6.07) is 7.04. The molecule has 0 spiro atoms. The largest absolute Gasteiger partial charge is 0.486 e. The molecule has 0 amide bonds. The minimum absolute atomic E-state index is 0.665. The molecule has 2 aliphatic rings. The van der Waals surface area contributed by atoms with Crippen molar-refractivity contribution in [3.8, 4) is 11.5 Å². The summed E-state index contributed by atoms with van der Waals surface area (Å²) >= 11 is 0. The zero-order chi connectivity index (χ0) is 12.2. The van der Waals surface area contributed by atoms with Gasteiger partial charge in [-0.1, -0.05) is 12.5 Å². The lowest BCUT2D eigenvalue weighted by molar-refractivity contribution is 0.171. The quantitative estimate of drug-likeness (QED) is 0.890. The van der Waals surface area contributed by atoms with Crippen molar-refractivity contribution in [3.63, 3.8) is 0 Å². The van der Waals surface area contributed by atoms with E-state index in [0.29, 0.717) is 19.3 Å². The Morgan fingerprint density at radius 1 is 1.11 bits per heavy atom. The smallest absolute Gasteiger partial charge is 0.161 e. The van der Waals surface area contributed by atoms with Crippen molar-refractivity contribution in [1.29, 1.82) is 0 Å². The molecule has 2 aliphatic heterocycles. The number of benzene rings is 1. The van der Waals surface area contributed by atoms with E-state index in [9.17, 15) is 0 Å². The van der Waals surface area contributed by atoms with Gasteiger partial charge in [0.15, 0.2) is 11.5 Å². The zero-order valence-corrected chi connectivity index (χ0v) is 10.8. The Kier molecular flexibility index (Phi) is 3.69. The highest BCUT2D eigenvalue weighted by Gasteiger charge is 2.14. The van der Waals surface area contributed by atoms with Crippen molar-refractivity contribution in [3.05, 3.63) is 23.8 Å². The number of hydrogen-bond acceptors (Lipinski definition) is 3. The van der Waals surface area contributed by atoms with Gasteiger partial charge in [-0.15, -0.1) is 0 Å². The molecule has 1 unspecified atom stereocenters. The number of aryl methyl sites for hydroxylation is 1. The summed E-state index contributed by atoms with van der Waals surface area (Å²) in [5.74, 6) is 1.80.